The molecule has 0 bridgehead atoms. The smallest absolute Gasteiger partial charge is 0.135 e. The quantitative estimate of drug-likeness (QED) is 0.879. The average Bonchev–Trinajstić information content (AvgIpc) is 2.43. The first-order chi connectivity index (χ1) is 9.60. The number of benzene rings is 1. The summed E-state index contributed by atoms with van der Waals surface area (Å²) in [6, 6.07) is 8.04. The Morgan fingerprint density at radius 1 is 1.30 bits per heavy atom. The molecule has 0 radical (unpaired) electrons. The largest absolute Gasteiger partial charge is 0.358 e. The van der Waals surface area contributed by atoms with Crippen molar-refractivity contribution in [2.24, 2.45) is 5.73 Å². The topological polar surface area (TPSA) is 67.1 Å². The zero-order valence-electron chi connectivity index (χ0n) is 11.6. The van der Waals surface area contributed by atoms with Crippen molar-refractivity contribution in [1.29, 1.82) is 0 Å². The summed E-state index contributed by atoms with van der Waals surface area (Å²) in [4.78, 5) is 10.5. The fraction of sp³-hybridized carbons (Fsp3) is 0.286. The van der Waals surface area contributed by atoms with Gasteiger partial charge in [-0.05, 0) is 40.5 Å². The lowest BCUT2D eigenvalue weighted by atomic mass is 10.2. The molecule has 0 aliphatic rings. The van der Waals surface area contributed by atoms with Gasteiger partial charge in [0, 0.05) is 30.7 Å². The Hall–Kier alpha value is -1.66. The van der Waals surface area contributed by atoms with E-state index in [0.29, 0.717) is 6.54 Å². The van der Waals surface area contributed by atoms with Gasteiger partial charge in [-0.1, -0.05) is 6.07 Å². The van der Waals surface area contributed by atoms with Gasteiger partial charge < -0.3 is 16.0 Å². The van der Waals surface area contributed by atoms with Gasteiger partial charge >= 0.3 is 0 Å². The monoisotopic (exact) mass is 335 g/mol. The van der Waals surface area contributed by atoms with E-state index in [0.717, 1.165) is 28.3 Å². The van der Waals surface area contributed by atoms with Crippen LogP contribution in [0.15, 0.2) is 35.1 Å². The fourth-order valence-corrected chi connectivity index (χ4v) is 2.38. The summed E-state index contributed by atoms with van der Waals surface area (Å²) in [7, 11) is 1.96. The number of halogens is 1. The molecule has 2 aromatic rings. The van der Waals surface area contributed by atoms with Crippen molar-refractivity contribution in [3.8, 4) is 0 Å². The Bertz CT molecular complexity index is 588. The first kappa shape index (κ1) is 14.7. The summed E-state index contributed by atoms with van der Waals surface area (Å²) in [5.41, 5.74) is 7.73. The molecule has 1 heterocycles. The van der Waals surface area contributed by atoms with Crippen molar-refractivity contribution in [2.45, 2.75) is 6.92 Å². The molecule has 106 valence electrons. The van der Waals surface area contributed by atoms with Crippen LogP contribution in [0.4, 0.5) is 17.3 Å². The summed E-state index contributed by atoms with van der Waals surface area (Å²) in [5.74, 6) is 1.60. The normalized spacial score (nSPS) is 10.4. The van der Waals surface area contributed by atoms with E-state index in [4.69, 9.17) is 5.73 Å². The average molecular weight is 336 g/mol. The van der Waals surface area contributed by atoms with Crippen molar-refractivity contribution >= 4 is 33.3 Å². The minimum absolute atomic E-state index is 0.590. The van der Waals surface area contributed by atoms with Crippen LogP contribution in [0, 0.1) is 6.92 Å². The SMILES string of the molecule is Cc1ccc(Nc2cc(N(C)CCN)ncn2)c(Br)c1. The third-order valence-corrected chi connectivity index (χ3v) is 3.55. The molecule has 0 fully saturated rings. The Kier molecular flexibility index (Phi) is 4.92. The third kappa shape index (κ3) is 3.68. The second-order valence-electron chi connectivity index (χ2n) is 4.58. The summed E-state index contributed by atoms with van der Waals surface area (Å²) in [6.45, 7) is 3.40. The lowest BCUT2D eigenvalue weighted by Gasteiger charge is -2.17. The second-order valence-corrected chi connectivity index (χ2v) is 5.43. The van der Waals surface area contributed by atoms with Crippen molar-refractivity contribution in [3.63, 3.8) is 0 Å². The maximum atomic E-state index is 5.56. The van der Waals surface area contributed by atoms with Crippen molar-refractivity contribution in [3.05, 3.63) is 40.6 Å². The highest BCUT2D eigenvalue weighted by molar-refractivity contribution is 9.10. The van der Waals surface area contributed by atoms with E-state index in [-0.39, 0.29) is 0 Å². The first-order valence-corrected chi connectivity index (χ1v) is 7.16. The van der Waals surface area contributed by atoms with Gasteiger partial charge in [-0.15, -0.1) is 0 Å². The Balaban J connectivity index is 2.19. The number of aromatic nitrogens is 2. The molecule has 3 N–H and O–H groups in total. The maximum Gasteiger partial charge on any atom is 0.135 e. The molecule has 6 heteroatoms. The first-order valence-electron chi connectivity index (χ1n) is 6.36. The van der Waals surface area contributed by atoms with Crippen LogP contribution in [0.5, 0.6) is 0 Å². The number of rotatable bonds is 5. The van der Waals surface area contributed by atoms with Crippen LogP contribution in [0.1, 0.15) is 5.56 Å². The molecule has 0 aliphatic heterocycles. The minimum Gasteiger partial charge on any atom is -0.358 e. The van der Waals surface area contributed by atoms with Crippen molar-refractivity contribution < 1.29 is 0 Å². The van der Waals surface area contributed by atoms with Gasteiger partial charge in [0.15, 0.2) is 0 Å². The minimum atomic E-state index is 0.590. The molecule has 2 rings (SSSR count). The lowest BCUT2D eigenvalue weighted by Crippen LogP contribution is -2.25. The molecule has 0 amide bonds. The van der Waals surface area contributed by atoms with Crippen LogP contribution in [0.3, 0.4) is 0 Å². The summed E-state index contributed by atoms with van der Waals surface area (Å²) in [6.07, 6.45) is 1.55. The van der Waals surface area contributed by atoms with Crippen LogP contribution >= 0.6 is 15.9 Å². The molecule has 0 unspecified atom stereocenters. The number of likely N-dealkylation sites (N-methyl/N-ethyl adjacent to an activating group) is 1. The van der Waals surface area contributed by atoms with Crippen LogP contribution < -0.4 is 16.0 Å². The van der Waals surface area contributed by atoms with E-state index in [1.54, 1.807) is 6.33 Å². The van der Waals surface area contributed by atoms with Gasteiger partial charge in [-0.25, -0.2) is 9.97 Å². The summed E-state index contributed by atoms with van der Waals surface area (Å²) >= 11 is 3.54. The number of hydrogen-bond acceptors (Lipinski definition) is 5. The zero-order valence-corrected chi connectivity index (χ0v) is 13.2. The third-order valence-electron chi connectivity index (χ3n) is 2.90. The van der Waals surface area contributed by atoms with Gasteiger partial charge in [-0.2, -0.15) is 0 Å². The van der Waals surface area contributed by atoms with E-state index in [1.807, 2.05) is 24.1 Å². The van der Waals surface area contributed by atoms with Crippen LogP contribution in [0.2, 0.25) is 0 Å². The Labute approximate surface area is 127 Å². The number of aryl methyl sites for hydroxylation is 1. The van der Waals surface area contributed by atoms with E-state index in [9.17, 15) is 0 Å². The van der Waals surface area contributed by atoms with Gasteiger partial charge in [0.05, 0.1) is 5.69 Å². The van der Waals surface area contributed by atoms with E-state index >= 15 is 0 Å². The van der Waals surface area contributed by atoms with Gasteiger partial charge in [-0.3, -0.25) is 0 Å². The second kappa shape index (κ2) is 6.67. The molecule has 0 atom stereocenters. The van der Waals surface area contributed by atoms with Crippen molar-refractivity contribution in [2.75, 3.05) is 30.4 Å². The number of anilines is 3. The van der Waals surface area contributed by atoms with E-state index in [1.165, 1.54) is 5.56 Å². The fourth-order valence-electron chi connectivity index (χ4n) is 1.79. The van der Waals surface area contributed by atoms with E-state index < -0.39 is 0 Å². The number of nitrogens with one attached hydrogen (secondary N) is 1. The number of nitrogens with two attached hydrogens (primary N) is 1. The Morgan fingerprint density at radius 3 is 2.80 bits per heavy atom. The van der Waals surface area contributed by atoms with Crippen molar-refractivity contribution in [1.82, 2.24) is 9.97 Å². The number of nitrogens with zero attached hydrogens (tertiary/aromatic N) is 3. The summed E-state index contributed by atoms with van der Waals surface area (Å²) in [5, 5.41) is 3.28. The standard InChI is InChI=1S/C14H18BrN5/c1-10-3-4-12(11(15)7-10)19-13-8-14(18-9-17-13)20(2)6-5-16/h3-4,7-9H,5-6,16H2,1-2H3,(H,17,18,19). The molecule has 1 aromatic heterocycles. The molecule has 5 nitrogen and oxygen atoms in total. The molecule has 0 saturated heterocycles. The highest BCUT2D eigenvalue weighted by Crippen LogP contribution is 2.26. The van der Waals surface area contributed by atoms with Gasteiger partial charge in [0.1, 0.15) is 18.0 Å². The molecule has 0 saturated carbocycles. The van der Waals surface area contributed by atoms with Gasteiger partial charge in [0.2, 0.25) is 0 Å². The van der Waals surface area contributed by atoms with E-state index in [2.05, 4.69) is 50.3 Å². The highest BCUT2D eigenvalue weighted by atomic mass is 79.9. The maximum absolute atomic E-state index is 5.56. The Morgan fingerprint density at radius 2 is 2.10 bits per heavy atom. The molecule has 0 aliphatic carbocycles. The van der Waals surface area contributed by atoms with Crippen LogP contribution in [0.25, 0.3) is 0 Å². The molecular formula is C14H18BrN5. The van der Waals surface area contributed by atoms with Crippen LogP contribution in [-0.2, 0) is 0 Å². The zero-order chi connectivity index (χ0) is 14.5. The highest BCUT2D eigenvalue weighted by Gasteiger charge is 2.05. The predicted molar refractivity (Wildman–Crippen MR) is 86.5 cm³/mol. The lowest BCUT2D eigenvalue weighted by molar-refractivity contribution is 0.864. The van der Waals surface area contributed by atoms with Gasteiger partial charge in [0.25, 0.3) is 0 Å². The molecular weight excluding hydrogens is 318 g/mol. The molecule has 1 aromatic carbocycles. The number of hydrogen-bond donors (Lipinski definition) is 2. The molecule has 0 spiro atoms. The molecule has 20 heavy (non-hydrogen) atoms. The van der Waals surface area contributed by atoms with Crippen LogP contribution in [-0.4, -0.2) is 30.1 Å². The summed E-state index contributed by atoms with van der Waals surface area (Å²) < 4.78 is 1.01. The predicted octanol–water partition coefficient (Wildman–Crippen LogP) is 2.69.